The number of aliphatic hydroxyl groups is 1. The predicted molar refractivity (Wildman–Crippen MR) is 92.5 cm³/mol. The van der Waals surface area contributed by atoms with Crippen LogP contribution >= 0.6 is 0 Å². The van der Waals surface area contributed by atoms with Gasteiger partial charge in [0.25, 0.3) is 0 Å². The second kappa shape index (κ2) is 6.67. The van der Waals surface area contributed by atoms with E-state index in [-0.39, 0.29) is 0 Å². The summed E-state index contributed by atoms with van der Waals surface area (Å²) in [6.45, 7) is 2.11. The predicted octanol–water partition coefficient (Wildman–Crippen LogP) is 3.88. The van der Waals surface area contributed by atoms with Crippen molar-refractivity contribution in [2.45, 2.75) is 19.4 Å². The molecule has 0 saturated heterocycles. The first kappa shape index (κ1) is 15.3. The van der Waals surface area contributed by atoms with Crippen LogP contribution in [0, 0.1) is 0 Å². The largest absolute Gasteiger partial charge is 0.497 e. The molecule has 0 saturated carbocycles. The minimum Gasteiger partial charge on any atom is -0.497 e. The number of methoxy groups -OCH3 is 1. The normalized spacial score (nSPS) is 12.8. The molecule has 3 aromatic rings. The average molecular weight is 308 g/mol. The molecule has 0 amide bonds. The Kier molecular flexibility index (Phi) is 4.44. The number of ether oxygens (including phenoxy) is 1. The summed E-state index contributed by atoms with van der Waals surface area (Å²) >= 11 is 0. The van der Waals surface area contributed by atoms with Crippen molar-refractivity contribution in [2.24, 2.45) is 0 Å². The SMILES string of the molecule is CCc1[nH]c2ccc(OC)cc2c1/C=C/C(O)c1ccncc1. The fourth-order valence-corrected chi connectivity index (χ4v) is 2.70. The van der Waals surface area contributed by atoms with Crippen LogP contribution in [0.4, 0.5) is 0 Å². The molecular weight excluding hydrogens is 288 g/mol. The lowest BCUT2D eigenvalue weighted by atomic mass is 10.1. The maximum atomic E-state index is 10.3. The molecule has 2 N–H and O–H groups in total. The summed E-state index contributed by atoms with van der Waals surface area (Å²) in [6.07, 6.45) is 7.38. The molecule has 0 aliphatic rings. The lowest BCUT2D eigenvalue weighted by Gasteiger charge is -2.05. The number of aliphatic hydroxyl groups excluding tert-OH is 1. The third kappa shape index (κ3) is 3.12. The van der Waals surface area contributed by atoms with Gasteiger partial charge in [-0.3, -0.25) is 4.98 Å². The molecule has 0 fully saturated rings. The Morgan fingerprint density at radius 1 is 1.26 bits per heavy atom. The number of aromatic amines is 1. The third-order valence-electron chi connectivity index (χ3n) is 3.97. The number of aromatic nitrogens is 2. The first-order valence-corrected chi connectivity index (χ1v) is 7.67. The summed E-state index contributed by atoms with van der Waals surface area (Å²) < 4.78 is 5.32. The third-order valence-corrected chi connectivity index (χ3v) is 3.97. The molecule has 4 nitrogen and oxygen atoms in total. The molecule has 1 atom stereocenters. The number of hydrogen-bond donors (Lipinski definition) is 2. The van der Waals surface area contributed by atoms with Crippen molar-refractivity contribution >= 4 is 17.0 Å². The van der Waals surface area contributed by atoms with E-state index >= 15 is 0 Å². The van der Waals surface area contributed by atoms with Gasteiger partial charge in [0.2, 0.25) is 0 Å². The highest BCUT2D eigenvalue weighted by Crippen LogP contribution is 2.29. The molecule has 2 aromatic heterocycles. The molecule has 1 aromatic carbocycles. The Labute approximate surface area is 135 Å². The fraction of sp³-hybridized carbons (Fsp3) is 0.211. The first-order valence-electron chi connectivity index (χ1n) is 7.67. The Balaban J connectivity index is 1.99. The second-order valence-electron chi connectivity index (χ2n) is 5.37. The average Bonchev–Trinajstić information content (AvgIpc) is 2.97. The monoisotopic (exact) mass is 308 g/mol. The van der Waals surface area contributed by atoms with Crippen LogP contribution < -0.4 is 4.74 Å². The Morgan fingerprint density at radius 3 is 2.74 bits per heavy atom. The maximum absolute atomic E-state index is 10.3. The van der Waals surface area contributed by atoms with Crippen molar-refractivity contribution in [2.75, 3.05) is 7.11 Å². The van der Waals surface area contributed by atoms with Gasteiger partial charge in [0, 0.05) is 34.6 Å². The van der Waals surface area contributed by atoms with E-state index in [0.717, 1.165) is 39.9 Å². The minimum absolute atomic E-state index is 0.654. The van der Waals surface area contributed by atoms with Gasteiger partial charge >= 0.3 is 0 Å². The van der Waals surface area contributed by atoms with E-state index in [1.165, 1.54) is 0 Å². The van der Waals surface area contributed by atoms with Crippen molar-refractivity contribution in [1.29, 1.82) is 0 Å². The first-order chi connectivity index (χ1) is 11.2. The van der Waals surface area contributed by atoms with Gasteiger partial charge in [-0.05, 0) is 42.3 Å². The fourth-order valence-electron chi connectivity index (χ4n) is 2.70. The number of fused-ring (bicyclic) bond motifs is 1. The number of aryl methyl sites for hydroxylation is 1. The summed E-state index contributed by atoms with van der Waals surface area (Å²) in [6, 6.07) is 9.60. The van der Waals surface area contributed by atoms with E-state index < -0.39 is 6.10 Å². The Morgan fingerprint density at radius 2 is 2.04 bits per heavy atom. The molecule has 1 unspecified atom stereocenters. The van der Waals surface area contributed by atoms with Crippen molar-refractivity contribution in [3.8, 4) is 5.75 Å². The van der Waals surface area contributed by atoms with Crippen LogP contribution in [0.15, 0.2) is 48.8 Å². The maximum Gasteiger partial charge on any atom is 0.119 e. The minimum atomic E-state index is -0.654. The lowest BCUT2D eigenvalue weighted by molar-refractivity contribution is 0.229. The van der Waals surface area contributed by atoms with Crippen LogP contribution in [0.3, 0.4) is 0 Å². The number of nitrogens with one attached hydrogen (secondary N) is 1. The van der Waals surface area contributed by atoms with Crippen molar-refractivity contribution < 1.29 is 9.84 Å². The molecule has 0 spiro atoms. The van der Waals surface area contributed by atoms with Crippen molar-refractivity contribution in [3.05, 3.63) is 65.6 Å². The van der Waals surface area contributed by atoms with Gasteiger partial charge in [-0.15, -0.1) is 0 Å². The summed E-state index contributed by atoms with van der Waals surface area (Å²) in [7, 11) is 1.66. The topological polar surface area (TPSA) is 58.1 Å². The molecule has 23 heavy (non-hydrogen) atoms. The van der Waals surface area contributed by atoms with E-state index in [1.807, 2.05) is 36.4 Å². The van der Waals surface area contributed by atoms with E-state index in [9.17, 15) is 5.11 Å². The molecule has 0 bridgehead atoms. The lowest BCUT2D eigenvalue weighted by Crippen LogP contribution is -1.93. The number of rotatable bonds is 5. The molecular formula is C19H20N2O2. The molecule has 0 aliphatic heterocycles. The number of pyridine rings is 1. The van der Waals surface area contributed by atoms with E-state index in [4.69, 9.17) is 4.74 Å². The highest BCUT2D eigenvalue weighted by atomic mass is 16.5. The van der Waals surface area contributed by atoms with Crippen LogP contribution in [0.1, 0.15) is 29.8 Å². The second-order valence-corrected chi connectivity index (χ2v) is 5.37. The van der Waals surface area contributed by atoms with Crippen molar-refractivity contribution in [3.63, 3.8) is 0 Å². The smallest absolute Gasteiger partial charge is 0.119 e. The Bertz CT molecular complexity index is 822. The van der Waals surface area contributed by atoms with E-state index in [2.05, 4.69) is 16.9 Å². The van der Waals surface area contributed by atoms with Crippen LogP contribution in [-0.2, 0) is 6.42 Å². The van der Waals surface area contributed by atoms with Gasteiger partial charge in [-0.1, -0.05) is 19.1 Å². The zero-order valence-corrected chi connectivity index (χ0v) is 13.3. The quantitative estimate of drug-likeness (QED) is 0.752. The van der Waals surface area contributed by atoms with Crippen LogP contribution in [-0.4, -0.2) is 22.2 Å². The summed E-state index contributed by atoms with van der Waals surface area (Å²) in [5.74, 6) is 0.823. The van der Waals surface area contributed by atoms with Crippen LogP contribution in [0.5, 0.6) is 5.75 Å². The van der Waals surface area contributed by atoms with Crippen LogP contribution in [0.2, 0.25) is 0 Å². The highest BCUT2D eigenvalue weighted by Gasteiger charge is 2.10. The van der Waals surface area contributed by atoms with Gasteiger partial charge in [0.15, 0.2) is 0 Å². The van der Waals surface area contributed by atoms with Gasteiger partial charge in [-0.25, -0.2) is 0 Å². The molecule has 3 rings (SSSR count). The highest BCUT2D eigenvalue weighted by molar-refractivity contribution is 5.91. The van der Waals surface area contributed by atoms with Gasteiger partial charge < -0.3 is 14.8 Å². The van der Waals surface area contributed by atoms with Gasteiger partial charge in [0.1, 0.15) is 5.75 Å². The standard InChI is InChI=1S/C19H20N2O2/c1-3-17-15(5-7-19(22)13-8-10-20-11-9-13)16-12-14(23-2)4-6-18(16)21-17/h4-12,19,21-22H,3H2,1-2H3/b7-5+. The summed E-state index contributed by atoms with van der Waals surface area (Å²) in [4.78, 5) is 7.40. The zero-order valence-electron chi connectivity index (χ0n) is 13.3. The molecule has 4 heteroatoms. The molecule has 2 heterocycles. The number of hydrogen-bond acceptors (Lipinski definition) is 3. The van der Waals surface area contributed by atoms with Crippen LogP contribution in [0.25, 0.3) is 17.0 Å². The summed E-state index contributed by atoms with van der Waals surface area (Å²) in [5.41, 5.74) is 4.13. The number of benzene rings is 1. The molecule has 0 aliphatic carbocycles. The number of H-pyrrole nitrogens is 1. The number of nitrogens with zero attached hydrogens (tertiary/aromatic N) is 1. The van der Waals surface area contributed by atoms with E-state index in [0.29, 0.717) is 0 Å². The van der Waals surface area contributed by atoms with Crippen molar-refractivity contribution in [1.82, 2.24) is 9.97 Å². The van der Waals surface area contributed by atoms with E-state index in [1.54, 1.807) is 25.6 Å². The molecule has 118 valence electrons. The summed E-state index contributed by atoms with van der Waals surface area (Å²) in [5, 5.41) is 11.4. The van der Waals surface area contributed by atoms with Gasteiger partial charge in [0.05, 0.1) is 13.2 Å². The Hall–Kier alpha value is -2.59. The van der Waals surface area contributed by atoms with Gasteiger partial charge in [-0.2, -0.15) is 0 Å². The molecule has 0 radical (unpaired) electrons. The zero-order chi connectivity index (χ0) is 16.2.